The monoisotopic (exact) mass is 349 g/mol. The number of hydrogen-bond acceptors (Lipinski definition) is 4. The van der Waals surface area contributed by atoms with Gasteiger partial charge < -0.3 is 14.8 Å². The van der Waals surface area contributed by atoms with Crippen LogP contribution in [0.5, 0.6) is 11.5 Å². The Labute approximate surface area is 151 Å². The molecule has 1 aliphatic rings. The molecule has 6 heteroatoms. The first-order chi connectivity index (χ1) is 12.7. The number of nitrogens with one attached hydrogen (secondary N) is 1. The van der Waals surface area contributed by atoms with Gasteiger partial charge in [0.05, 0.1) is 6.54 Å². The molecule has 0 spiro atoms. The van der Waals surface area contributed by atoms with Crippen molar-refractivity contribution in [2.45, 2.75) is 25.7 Å². The van der Waals surface area contributed by atoms with Crippen LogP contribution in [0.1, 0.15) is 12.5 Å². The van der Waals surface area contributed by atoms with E-state index >= 15 is 0 Å². The Bertz CT molecular complexity index is 891. The molecule has 132 valence electrons. The normalized spacial score (nSPS) is 18.3. The molecule has 2 atom stereocenters. The van der Waals surface area contributed by atoms with E-state index in [9.17, 15) is 4.79 Å². The third-order valence-electron chi connectivity index (χ3n) is 4.23. The summed E-state index contributed by atoms with van der Waals surface area (Å²) in [5.41, 5.74) is 1.82. The van der Waals surface area contributed by atoms with Crippen molar-refractivity contribution >= 4 is 11.6 Å². The van der Waals surface area contributed by atoms with Crippen LogP contribution in [0, 0.1) is 0 Å². The predicted octanol–water partition coefficient (Wildman–Crippen LogP) is 3.10. The minimum absolute atomic E-state index is 0.230. The minimum atomic E-state index is -0.700. The van der Waals surface area contributed by atoms with Crippen molar-refractivity contribution in [3.63, 3.8) is 0 Å². The molecule has 6 nitrogen and oxygen atoms in total. The molecule has 0 saturated heterocycles. The molecule has 2 aromatic carbocycles. The summed E-state index contributed by atoms with van der Waals surface area (Å²) in [5, 5.41) is 7.08. The lowest BCUT2D eigenvalue weighted by atomic mass is 10.1. The van der Waals surface area contributed by atoms with Crippen LogP contribution in [0.15, 0.2) is 67.0 Å². The van der Waals surface area contributed by atoms with E-state index in [2.05, 4.69) is 10.4 Å². The number of hydrogen-bond donors (Lipinski definition) is 1. The van der Waals surface area contributed by atoms with Gasteiger partial charge in [-0.1, -0.05) is 24.3 Å². The van der Waals surface area contributed by atoms with Gasteiger partial charge in [-0.2, -0.15) is 5.10 Å². The largest absolute Gasteiger partial charge is 0.482 e. The van der Waals surface area contributed by atoms with Crippen molar-refractivity contribution in [2.75, 3.05) is 5.32 Å². The van der Waals surface area contributed by atoms with Crippen LogP contribution in [0.4, 0.5) is 5.69 Å². The smallest absolute Gasteiger partial charge is 0.269 e. The van der Waals surface area contributed by atoms with Gasteiger partial charge in [0, 0.05) is 18.1 Å². The second-order valence-corrected chi connectivity index (χ2v) is 6.20. The van der Waals surface area contributed by atoms with Gasteiger partial charge in [-0.05, 0) is 42.8 Å². The maximum atomic E-state index is 12.6. The lowest BCUT2D eigenvalue weighted by Gasteiger charge is -2.31. The maximum absolute atomic E-state index is 12.6. The Kier molecular flexibility index (Phi) is 4.31. The molecular formula is C20H19N3O3. The molecule has 0 unspecified atom stereocenters. The highest BCUT2D eigenvalue weighted by atomic mass is 16.6. The van der Waals surface area contributed by atoms with E-state index in [1.54, 1.807) is 12.3 Å². The van der Waals surface area contributed by atoms with Gasteiger partial charge in [0.25, 0.3) is 5.91 Å². The van der Waals surface area contributed by atoms with E-state index in [1.165, 1.54) is 0 Å². The number of carbonyl (C=O) groups is 1. The second kappa shape index (κ2) is 6.92. The predicted molar refractivity (Wildman–Crippen MR) is 97.3 cm³/mol. The number of anilines is 1. The van der Waals surface area contributed by atoms with Gasteiger partial charge >= 0.3 is 0 Å². The van der Waals surface area contributed by atoms with Gasteiger partial charge in [0.15, 0.2) is 11.5 Å². The van der Waals surface area contributed by atoms with Gasteiger partial charge in [0.1, 0.15) is 6.10 Å². The first-order valence-corrected chi connectivity index (χ1v) is 8.48. The van der Waals surface area contributed by atoms with Gasteiger partial charge in [-0.25, -0.2) is 0 Å². The SMILES string of the molecule is C[C@H]1Oc2ccccc2O[C@H]1C(=O)Nc1ccc(Cn2cccn2)cc1. The Morgan fingerprint density at radius 2 is 1.81 bits per heavy atom. The highest BCUT2D eigenvalue weighted by molar-refractivity contribution is 5.95. The van der Waals surface area contributed by atoms with Crippen LogP contribution in [0.2, 0.25) is 0 Å². The van der Waals surface area contributed by atoms with Crippen LogP contribution in [0.3, 0.4) is 0 Å². The Morgan fingerprint density at radius 1 is 1.08 bits per heavy atom. The first-order valence-electron chi connectivity index (χ1n) is 8.48. The van der Waals surface area contributed by atoms with Crippen molar-refractivity contribution < 1.29 is 14.3 Å². The summed E-state index contributed by atoms with van der Waals surface area (Å²) in [6.07, 6.45) is 2.59. The molecule has 0 fully saturated rings. The zero-order valence-electron chi connectivity index (χ0n) is 14.3. The number of para-hydroxylation sites is 2. The minimum Gasteiger partial charge on any atom is -0.482 e. The number of aromatic nitrogens is 2. The summed E-state index contributed by atoms with van der Waals surface area (Å²) in [6, 6.07) is 16.9. The van der Waals surface area contributed by atoms with Crippen LogP contribution in [0.25, 0.3) is 0 Å². The second-order valence-electron chi connectivity index (χ2n) is 6.20. The fraction of sp³-hybridized carbons (Fsp3) is 0.200. The van der Waals surface area contributed by atoms with Crippen LogP contribution in [-0.2, 0) is 11.3 Å². The molecule has 2 heterocycles. The standard InChI is InChI=1S/C20H19N3O3/c1-14-19(26-18-6-3-2-5-17(18)25-14)20(24)22-16-9-7-15(8-10-16)13-23-12-4-11-21-23/h2-12,14,19H,13H2,1H3,(H,22,24)/t14-,19-/m1/s1. The molecule has 0 aliphatic carbocycles. The zero-order valence-corrected chi connectivity index (χ0v) is 14.3. The molecule has 1 aliphatic heterocycles. The number of benzene rings is 2. The van der Waals surface area contributed by atoms with E-state index < -0.39 is 6.10 Å². The number of rotatable bonds is 4. The maximum Gasteiger partial charge on any atom is 0.269 e. The highest BCUT2D eigenvalue weighted by Crippen LogP contribution is 2.33. The molecule has 0 bridgehead atoms. The van der Waals surface area contributed by atoms with Crippen LogP contribution < -0.4 is 14.8 Å². The van der Waals surface area contributed by atoms with Gasteiger partial charge in [0.2, 0.25) is 6.10 Å². The molecule has 1 aromatic heterocycles. The van der Waals surface area contributed by atoms with Crippen molar-refractivity contribution in [3.8, 4) is 11.5 Å². The summed E-state index contributed by atoms with van der Waals surface area (Å²) < 4.78 is 13.5. The molecule has 3 aromatic rings. The van der Waals surface area contributed by atoms with Gasteiger partial charge in [-0.15, -0.1) is 0 Å². The topological polar surface area (TPSA) is 65.4 Å². The summed E-state index contributed by atoms with van der Waals surface area (Å²) in [7, 11) is 0. The fourth-order valence-corrected chi connectivity index (χ4v) is 2.89. The zero-order chi connectivity index (χ0) is 17.9. The van der Waals surface area contributed by atoms with Crippen LogP contribution >= 0.6 is 0 Å². The average molecular weight is 349 g/mol. The molecule has 0 saturated carbocycles. The number of carbonyl (C=O) groups excluding carboxylic acids is 1. The van der Waals surface area contributed by atoms with E-state index in [-0.39, 0.29) is 12.0 Å². The van der Waals surface area contributed by atoms with Crippen molar-refractivity contribution in [2.24, 2.45) is 0 Å². The summed E-state index contributed by atoms with van der Waals surface area (Å²) >= 11 is 0. The highest BCUT2D eigenvalue weighted by Gasteiger charge is 2.34. The van der Waals surface area contributed by atoms with E-state index in [0.29, 0.717) is 23.7 Å². The lowest BCUT2D eigenvalue weighted by Crippen LogP contribution is -2.46. The quantitative estimate of drug-likeness (QED) is 0.786. The molecule has 1 amide bonds. The molecular weight excluding hydrogens is 330 g/mol. The Hall–Kier alpha value is -3.28. The number of nitrogens with zero attached hydrogens (tertiary/aromatic N) is 2. The van der Waals surface area contributed by atoms with Crippen LogP contribution in [-0.4, -0.2) is 27.9 Å². The summed E-state index contributed by atoms with van der Waals surface area (Å²) in [6.45, 7) is 2.52. The number of ether oxygens (including phenoxy) is 2. The number of amides is 1. The van der Waals surface area contributed by atoms with E-state index in [1.807, 2.05) is 66.3 Å². The van der Waals surface area contributed by atoms with E-state index in [4.69, 9.17) is 9.47 Å². The summed E-state index contributed by atoms with van der Waals surface area (Å²) in [4.78, 5) is 12.6. The first kappa shape index (κ1) is 16.2. The molecule has 4 rings (SSSR count). The van der Waals surface area contributed by atoms with Crippen molar-refractivity contribution in [1.82, 2.24) is 9.78 Å². The van der Waals surface area contributed by atoms with Crippen molar-refractivity contribution in [1.29, 1.82) is 0 Å². The third-order valence-corrected chi connectivity index (χ3v) is 4.23. The Balaban J connectivity index is 1.41. The molecule has 1 N–H and O–H groups in total. The lowest BCUT2D eigenvalue weighted by molar-refractivity contribution is -0.128. The fourth-order valence-electron chi connectivity index (χ4n) is 2.89. The van der Waals surface area contributed by atoms with E-state index in [0.717, 1.165) is 5.56 Å². The third kappa shape index (κ3) is 3.39. The molecule has 26 heavy (non-hydrogen) atoms. The molecule has 0 radical (unpaired) electrons. The number of fused-ring (bicyclic) bond motifs is 1. The summed E-state index contributed by atoms with van der Waals surface area (Å²) in [5.74, 6) is 1.01. The van der Waals surface area contributed by atoms with Gasteiger partial charge in [-0.3, -0.25) is 9.48 Å². The average Bonchev–Trinajstić information content (AvgIpc) is 3.16. The van der Waals surface area contributed by atoms with Crippen molar-refractivity contribution in [3.05, 3.63) is 72.6 Å². The Morgan fingerprint density at radius 3 is 2.50 bits per heavy atom.